The van der Waals surface area contributed by atoms with Gasteiger partial charge in [-0.15, -0.1) is 23.1 Å². The van der Waals surface area contributed by atoms with Gasteiger partial charge in [0.15, 0.2) is 0 Å². The van der Waals surface area contributed by atoms with Crippen molar-refractivity contribution in [2.24, 2.45) is 0 Å². The highest BCUT2D eigenvalue weighted by atomic mass is 32.2. The Morgan fingerprint density at radius 2 is 1.95 bits per heavy atom. The minimum absolute atomic E-state index is 0.0842. The first-order valence-corrected chi connectivity index (χ1v) is 8.46. The summed E-state index contributed by atoms with van der Waals surface area (Å²) < 4.78 is 0. The Balaban J connectivity index is 2.00. The van der Waals surface area contributed by atoms with E-state index in [2.05, 4.69) is 55.3 Å². The average molecular weight is 302 g/mol. The third kappa shape index (κ3) is 4.14. The van der Waals surface area contributed by atoms with E-state index in [0.29, 0.717) is 5.92 Å². The number of thiophene rings is 1. The molecule has 0 amide bonds. The number of aliphatic hydroxyl groups excluding tert-OH is 1. The fraction of sp³-hybridized carbons (Fsp3) is 0.294. The van der Waals surface area contributed by atoms with Crippen LogP contribution >= 0.6 is 23.1 Å². The molecule has 3 heteroatoms. The maximum Gasteiger partial charge on any atom is 0.104 e. The van der Waals surface area contributed by atoms with Crippen molar-refractivity contribution < 1.29 is 5.11 Å². The van der Waals surface area contributed by atoms with Gasteiger partial charge in [-0.25, -0.2) is 0 Å². The monoisotopic (exact) mass is 302 g/mol. The maximum absolute atomic E-state index is 8.76. The highest BCUT2D eigenvalue weighted by Crippen LogP contribution is 2.28. The maximum atomic E-state index is 8.76. The van der Waals surface area contributed by atoms with E-state index in [0.717, 1.165) is 11.3 Å². The summed E-state index contributed by atoms with van der Waals surface area (Å²) in [4.78, 5) is 2.55. The van der Waals surface area contributed by atoms with Crippen LogP contribution in [0.4, 0.5) is 0 Å². The topological polar surface area (TPSA) is 20.2 Å². The van der Waals surface area contributed by atoms with Gasteiger partial charge in [0.2, 0.25) is 0 Å². The van der Waals surface area contributed by atoms with Crippen molar-refractivity contribution in [2.75, 3.05) is 6.61 Å². The lowest BCUT2D eigenvalue weighted by Crippen LogP contribution is -1.86. The summed E-state index contributed by atoms with van der Waals surface area (Å²) in [6.45, 7) is 4.33. The van der Waals surface area contributed by atoms with Gasteiger partial charge in [0.25, 0.3) is 0 Å². The van der Waals surface area contributed by atoms with Crippen LogP contribution in [0, 0.1) is 11.8 Å². The first kappa shape index (κ1) is 15.2. The van der Waals surface area contributed by atoms with Gasteiger partial charge < -0.3 is 5.11 Å². The Morgan fingerprint density at radius 1 is 1.20 bits per heavy atom. The number of hydrogen-bond donors (Lipinski definition) is 1. The number of benzene rings is 1. The highest BCUT2D eigenvalue weighted by Gasteiger charge is 2.04. The van der Waals surface area contributed by atoms with Crippen LogP contribution in [-0.4, -0.2) is 11.7 Å². The van der Waals surface area contributed by atoms with Gasteiger partial charge in [-0.2, -0.15) is 0 Å². The van der Waals surface area contributed by atoms with Crippen LogP contribution in [0.5, 0.6) is 0 Å². The molecule has 0 saturated heterocycles. The minimum atomic E-state index is -0.0842. The van der Waals surface area contributed by atoms with Gasteiger partial charge in [-0.3, -0.25) is 0 Å². The van der Waals surface area contributed by atoms with Crippen LogP contribution in [0.25, 0.3) is 0 Å². The largest absolute Gasteiger partial charge is 0.384 e. The van der Waals surface area contributed by atoms with E-state index in [9.17, 15) is 0 Å². The van der Waals surface area contributed by atoms with E-state index in [1.807, 2.05) is 17.8 Å². The molecule has 1 heterocycles. The number of aliphatic hydroxyl groups is 1. The predicted molar refractivity (Wildman–Crippen MR) is 88.4 cm³/mol. The van der Waals surface area contributed by atoms with E-state index in [4.69, 9.17) is 5.11 Å². The molecule has 1 aromatic carbocycles. The molecule has 20 heavy (non-hydrogen) atoms. The molecule has 1 nitrogen and oxygen atoms in total. The first-order chi connectivity index (χ1) is 9.70. The molecule has 2 rings (SSSR count). The van der Waals surface area contributed by atoms with E-state index in [1.54, 1.807) is 11.3 Å². The second-order valence-electron chi connectivity index (χ2n) is 4.73. The number of thioether (sulfide) groups is 1. The summed E-state index contributed by atoms with van der Waals surface area (Å²) in [6.07, 6.45) is 0. The number of hydrogen-bond acceptors (Lipinski definition) is 3. The molecule has 104 valence electrons. The van der Waals surface area contributed by atoms with E-state index in [-0.39, 0.29) is 6.61 Å². The Bertz CT molecular complexity index is 600. The summed E-state index contributed by atoms with van der Waals surface area (Å²) in [5.41, 5.74) is 2.41. The lowest BCUT2D eigenvalue weighted by atomic mass is 10.0. The van der Waals surface area contributed by atoms with Crippen LogP contribution in [0.2, 0.25) is 0 Å². The lowest BCUT2D eigenvalue weighted by Gasteiger charge is -2.06. The molecular weight excluding hydrogens is 284 g/mol. The van der Waals surface area contributed by atoms with Crippen molar-refractivity contribution in [3.8, 4) is 11.8 Å². The zero-order valence-electron chi connectivity index (χ0n) is 11.7. The van der Waals surface area contributed by atoms with Crippen molar-refractivity contribution in [1.82, 2.24) is 0 Å². The smallest absolute Gasteiger partial charge is 0.104 e. The molecule has 0 fully saturated rings. The molecule has 1 N–H and O–H groups in total. The van der Waals surface area contributed by atoms with Crippen LogP contribution in [0.15, 0.2) is 40.6 Å². The van der Waals surface area contributed by atoms with Crippen molar-refractivity contribution in [3.05, 3.63) is 51.7 Å². The summed E-state index contributed by atoms with van der Waals surface area (Å²) in [6, 6.07) is 10.8. The molecule has 0 atom stereocenters. The van der Waals surface area contributed by atoms with Gasteiger partial charge in [-0.1, -0.05) is 37.8 Å². The molecule has 2 aromatic rings. The van der Waals surface area contributed by atoms with Crippen molar-refractivity contribution >= 4 is 23.1 Å². The molecular formula is C17H18OS2. The summed E-state index contributed by atoms with van der Waals surface area (Å²) >= 11 is 3.55. The molecule has 0 unspecified atom stereocenters. The van der Waals surface area contributed by atoms with E-state index >= 15 is 0 Å². The van der Waals surface area contributed by atoms with E-state index in [1.165, 1.54) is 15.3 Å². The quantitative estimate of drug-likeness (QED) is 0.662. The normalized spacial score (nSPS) is 10.4. The molecule has 0 saturated carbocycles. The molecule has 0 bridgehead atoms. The Morgan fingerprint density at radius 3 is 2.60 bits per heavy atom. The van der Waals surface area contributed by atoms with Gasteiger partial charge >= 0.3 is 0 Å². The summed E-state index contributed by atoms with van der Waals surface area (Å²) in [5, 5.41) is 10.8. The zero-order chi connectivity index (χ0) is 14.4. The summed E-state index contributed by atoms with van der Waals surface area (Å²) in [5.74, 6) is 7.21. The Hall–Kier alpha value is -1.21. The Kier molecular flexibility index (Phi) is 5.72. The van der Waals surface area contributed by atoms with Crippen LogP contribution in [0.1, 0.15) is 35.8 Å². The molecule has 1 aromatic heterocycles. The second-order valence-corrected chi connectivity index (χ2v) is 6.78. The standard InChI is InChI=1S/C17H18OS2/c1-13(2)14-5-7-16(8-6-14)20-12-17-15(4-3-10-18)9-11-19-17/h5-9,11,13,18H,10,12H2,1-2H3. The third-order valence-corrected chi connectivity index (χ3v) is 5.11. The molecule has 0 aliphatic carbocycles. The molecule has 0 radical (unpaired) electrons. The van der Waals surface area contributed by atoms with Crippen molar-refractivity contribution in [2.45, 2.75) is 30.4 Å². The minimum Gasteiger partial charge on any atom is -0.384 e. The van der Waals surface area contributed by atoms with E-state index < -0.39 is 0 Å². The predicted octanol–water partition coefficient (Wildman–Crippen LogP) is 4.51. The summed E-state index contributed by atoms with van der Waals surface area (Å²) in [7, 11) is 0. The third-order valence-electron chi connectivity index (χ3n) is 2.96. The van der Waals surface area contributed by atoms with Crippen molar-refractivity contribution in [1.29, 1.82) is 0 Å². The average Bonchev–Trinajstić information content (AvgIpc) is 2.90. The fourth-order valence-electron chi connectivity index (χ4n) is 1.80. The van der Waals surface area contributed by atoms with Gasteiger partial charge in [0, 0.05) is 21.1 Å². The van der Waals surface area contributed by atoms with Gasteiger partial charge in [0.05, 0.1) is 0 Å². The zero-order valence-corrected chi connectivity index (χ0v) is 13.4. The van der Waals surface area contributed by atoms with Crippen LogP contribution < -0.4 is 0 Å². The second kappa shape index (κ2) is 7.54. The molecule has 0 spiro atoms. The molecule has 0 aliphatic heterocycles. The van der Waals surface area contributed by atoms with Gasteiger partial charge in [-0.05, 0) is 35.1 Å². The lowest BCUT2D eigenvalue weighted by molar-refractivity contribution is 0.350. The Labute approximate surface area is 129 Å². The number of rotatable bonds is 4. The SMILES string of the molecule is CC(C)c1ccc(SCc2sccc2C#CCO)cc1. The molecule has 0 aliphatic rings. The van der Waals surface area contributed by atoms with Crippen LogP contribution in [0.3, 0.4) is 0 Å². The van der Waals surface area contributed by atoms with Crippen LogP contribution in [-0.2, 0) is 5.75 Å². The van der Waals surface area contributed by atoms with Crippen molar-refractivity contribution in [3.63, 3.8) is 0 Å². The highest BCUT2D eigenvalue weighted by molar-refractivity contribution is 7.98. The first-order valence-electron chi connectivity index (χ1n) is 6.59. The fourth-order valence-corrected chi connectivity index (χ4v) is 3.64. The van der Waals surface area contributed by atoms with Gasteiger partial charge in [0.1, 0.15) is 6.61 Å².